The molecule has 7 heteroatoms. The van der Waals surface area contributed by atoms with Crippen molar-refractivity contribution in [2.75, 3.05) is 31.2 Å². The van der Waals surface area contributed by atoms with Crippen LogP contribution in [0.5, 0.6) is 0 Å². The lowest BCUT2D eigenvalue weighted by Gasteiger charge is -2.31. The maximum Gasteiger partial charge on any atom is 0.363 e. The summed E-state index contributed by atoms with van der Waals surface area (Å²) in [5, 5.41) is 20.7. The third-order valence-corrected chi connectivity index (χ3v) is 3.55. The summed E-state index contributed by atoms with van der Waals surface area (Å²) >= 11 is 0. The summed E-state index contributed by atoms with van der Waals surface area (Å²) in [7, 11) is 0. The zero-order valence-electron chi connectivity index (χ0n) is 11.7. The zero-order chi connectivity index (χ0) is 14.8. The standard InChI is InChI=1S/C13H19N3O4/c1-13(2,17)10-8-15(5-6-20-9-10)11-3-4-12(14-7-11)16(18)19/h3-4,7,10,17H,5-6,8-9H2,1-2H3. The SMILES string of the molecule is CC(C)(O)C1COCCN(c2ccc([N+](=O)[O-])nc2)C1. The number of rotatable bonds is 3. The summed E-state index contributed by atoms with van der Waals surface area (Å²) in [6.45, 7) is 5.89. The summed E-state index contributed by atoms with van der Waals surface area (Å²) < 4.78 is 5.52. The number of ether oxygens (including phenoxy) is 1. The lowest BCUT2D eigenvalue weighted by Crippen LogP contribution is -2.41. The van der Waals surface area contributed by atoms with E-state index in [0.29, 0.717) is 26.3 Å². The van der Waals surface area contributed by atoms with Crippen molar-refractivity contribution in [3.8, 4) is 0 Å². The van der Waals surface area contributed by atoms with Crippen molar-refractivity contribution in [3.05, 3.63) is 28.4 Å². The molecule has 0 radical (unpaired) electrons. The van der Waals surface area contributed by atoms with Gasteiger partial charge in [0.25, 0.3) is 0 Å². The molecule has 0 aromatic carbocycles. The van der Waals surface area contributed by atoms with Crippen molar-refractivity contribution >= 4 is 11.5 Å². The zero-order valence-corrected chi connectivity index (χ0v) is 11.7. The van der Waals surface area contributed by atoms with Crippen LogP contribution in [0, 0.1) is 16.0 Å². The van der Waals surface area contributed by atoms with Gasteiger partial charge in [0.1, 0.15) is 0 Å². The van der Waals surface area contributed by atoms with Crippen LogP contribution in [0.25, 0.3) is 0 Å². The number of anilines is 1. The second kappa shape index (κ2) is 5.72. The molecule has 1 aromatic rings. The molecule has 7 nitrogen and oxygen atoms in total. The molecule has 2 rings (SSSR count). The van der Waals surface area contributed by atoms with E-state index >= 15 is 0 Å². The number of nitro groups is 1. The van der Waals surface area contributed by atoms with Crippen LogP contribution in [0.2, 0.25) is 0 Å². The normalized spacial score (nSPS) is 20.6. The topological polar surface area (TPSA) is 88.7 Å². The highest BCUT2D eigenvalue weighted by Gasteiger charge is 2.31. The van der Waals surface area contributed by atoms with Gasteiger partial charge in [-0.25, -0.2) is 0 Å². The smallest absolute Gasteiger partial charge is 0.363 e. The first-order valence-electron chi connectivity index (χ1n) is 6.53. The number of aromatic nitrogens is 1. The van der Waals surface area contributed by atoms with Gasteiger partial charge in [-0.05, 0) is 29.8 Å². The van der Waals surface area contributed by atoms with Gasteiger partial charge in [-0.1, -0.05) is 0 Å². The van der Waals surface area contributed by atoms with E-state index in [0.717, 1.165) is 5.69 Å². The quantitative estimate of drug-likeness (QED) is 0.662. The van der Waals surface area contributed by atoms with Gasteiger partial charge >= 0.3 is 5.82 Å². The van der Waals surface area contributed by atoms with Gasteiger partial charge in [-0.2, -0.15) is 0 Å². The van der Waals surface area contributed by atoms with Crippen molar-refractivity contribution in [1.29, 1.82) is 0 Å². The molecule has 1 aromatic heterocycles. The molecule has 0 aliphatic carbocycles. The van der Waals surface area contributed by atoms with Gasteiger partial charge in [-0.3, -0.25) is 0 Å². The van der Waals surface area contributed by atoms with Crippen molar-refractivity contribution in [1.82, 2.24) is 4.98 Å². The van der Waals surface area contributed by atoms with Crippen molar-refractivity contribution in [3.63, 3.8) is 0 Å². The molecule has 0 saturated carbocycles. The Kier molecular flexibility index (Phi) is 4.20. The molecule has 0 amide bonds. The Balaban J connectivity index is 2.15. The molecule has 2 heterocycles. The highest BCUT2D eigenvalue weighted by molar-refractivity contribution is 5.46. The first kappa shape index (κ1) is 14.7. The predicted octanol–water partition coefficient (Wildman–Crippen LogP) is 1.21. The number of aliphatic hydroxyl groups is 1. The number of hydrogen-bond donors (Lipinski definition) is 1. The number of nitrogens with zero attached hydrogens (tertiary/aromatic N) is 3. The largest absolute Gasteiger partial charge is 0.390 e. The first-order valence-corrected chi connectivity index (χ1v) is 6.53. The summed E-state index contributed by atoms with van der Waals surface area (Å²) in [6, 6.07) is 3.07. The van der Waals surface area contributed by atoms with E-state index < -0.39 is 10.5 Å². The van der Waals surface area contributed by atoms with Crippen LogP contribution >= 0.6 is 0 Å². The Labute approximate surface area is 117 Å². The van der Waals surface area contributed by atoms with Crippen LogP contribution in [0.4, 0.5) is 11.5 Å². The summed E-state index contributed by atoms with van der Waals surface area (Å²) in [5.41, 5.74) is -0.0353. The average molecular weight is 281 g/mol. The highest BCUT2D eigenvalue weighted by atomic mass is 16.6. The predicted molar refractivity (Wildman–Crippen MR) is 73.7 cm³/mol. The fourth-order valence-corrected chi connectivity index (χ4v) is 2.15. The number of pyridine rings is 1. The van der Waals surface area contributed by atoms with Gasteiger partial charge in [0.15, 0.2) is 6.20 Å². The molecular weight excluding hydrogens is 262 g/mol. The highest BCUT2D eigenvalue weighted by Crippen LogP contribution is 2.24. The van der Waals surface area contributed by atoms with Gasteiger partial charge in [0.05, 0.1) is 24.5 Å². The summed E-state index contributed by atoms with van der Waals surface area (Å²) in [5.74, 6) is -0.195. The molecule has 0 spiro atoms. The van der Waals surface area contributed by atoms with Gasteiger partial charge in [0.2, 0.25) is 0 Å². The average Bonchev–Trinajstić information content (AvgIpc) is 2.64. The lowest BCUT2D eigenvalue weighted by molar-refractivity contribution is -0.389. The number of hydrogen-bond acceptors (Lipinski definition) is 6. The second-order valence-electron chi connectivity index (χ2n) is 5.50. The Bertz CT molecular complexity index is 469. The van der Waals surface area contributed by atoms with E-state index in [-0.39, 0.29) is 11.7 Å². The Morgan fingerprint density at radius 3 is 2.85 bits per heavy atom. The van der Waals surface area contributed by atoms with Crippen LogP contribution in [-0.2, 0) is 4.74 Å². The van der Waals surface area contributed by atoms with E-state index in [1.54, 1.807) is 19.9 Å². The molecule has 1 aliphatic rings. The third-order valence-electron chi connectivity index (χ3n) is 3.55. The molecule has 1 saturated heterocycles. The van der Waals surface area contributed by atoms with Gasteiger partial charge in [0, 0.05) is 25.1 Å². The summed E-state index contributed by atoms with van der Waals surface area (Å²) in [4.78, 5) is 15.9. The molecule has 1 atom stereocenters. The first-order chi connectivity index (χ1) is 9.38. The van der Waals surface area contributed by atoms with Crippen LogP contribution in [0.1, 0.15) is 13.8 Å². The van der Waals surface area contributed by atoms with E-state index in [1.165, 1.54) is 12.3 Å². The minimum absolute atomic E-state index is 0.0276. The molecule has 110 valence electrons. The van der Waals surface area contributed by atoms with Gasteiger partial charge < -0.3 is 24.9 Å². The van der Waals surface area contributed by atoms with Crippen LogP contribution in [-0.4, -0.2) is 46.9 Å². The fraction of sp³-hybridized carbons (Fsp3) is 0.615. The van der Waals surface area contributed by atoms with Crippen LogP contribution in [0.3, 0.4) is 0 Å². The van der Waals surface area contributed by atoms with E-state index in [9.17, 15) is 15.2 Å². The maximum absolute atomic E-state index is 10.6. The minimum Gasteiger partial charge on any atom is -0.390 e. The van der Waals surface area contributed by atoms with Crippen LogP contribution < -0.4 is 4.90 Å². The van der Waals surface area contributed by atoms with E-state index in [4.69, 9.17) is 4.74 Å². The lowest BCUT2D eigenvalue weighted by atomic mass is 9.91. The maximum atomic E-state index is 10.6. The third kappa shape index (κ3) is 3.43. The Hall–Kier alpha value is -1.73. The van der Waals surface area contributed by atoms with Crippen molar-refractivity contribution in [2.45, 2.75) is 19.4 Å². The molecule has 1 unspecified atom stereocenters. The Morgan fingerprint density at radius 1 is 1.55 bits per heavy atom. The van der Waals surface area contributed by atoms with Crippen molar-refractivity contribution in [2.24, 2.45) is 5.92 Å². The van der Waals surface area contributed by atoms with E-state index in [2.05, 4.69) is 4.98 Å². The molecule has 1 fully saturated rings. The minimum atomic E-state index is -0.837. The fourth-order valence-electron chi connectivity index (χ4n) is 2.15. The summed E-state index contributed by atoms with van der Waals surface area (Å²) in [6.07, 6.45) is 1.49. The molecule has 20 heavy (non-hydrogen) atoms. The molecule has 0 bridgehead atoms. The van der Waals surface area contributed by atoms with Crippen molar-refractivity contribution < 1.29 is 14.8 Å². The molecule has 1 N–H and O–H groups in total. The van der Waals surface area contributed by atoms with Crippen LogP contribution in [0.15, 0.2) is 18.3 Å². The van der Waals surface area contributed by atoms with E-state index in [1.807, 2.05) is 4.90 Å². The molecular formula is C13H19N3O4. The Morgan fingerprint density at radius 2 is 2.30 bits per heavy atom. The monoisotopic (exact) mass is 281 g/mol. The molecule has 1 aliphatic heterocycles. The van der Waals surface area contributed by atoms with Gasteiger partial charge in [-0.15, -0.1) is 0 Å². The second-order valence-corrected chi connectivity index (χ2v) is 5.50.